The SMILES string of the molecule is COc1cc2c(=O)n(Cc3ccc(C(=O)N4CCCCC4)cc3)c(=O)n(Cc3cccc(F)c3)c2cc1OC. The average Bonchev–Trinajstić information content (AvgIpc) is 2.97. The summed E-state index contributed by atoms with van der Waals surface area (Å²) in [5.41, 5.74) is 1.16. The molecule has 0 saturated carbocycles. The lowest BCUT2D eigenvalue weighted by atomic mass is 10.1. The summed E-state index contributed by atoms with van der Waals surface area (Å²) in [5.74, 6) is 0.285. The van der Waals surface area contributed by atoms with Crippen molar-refractivity contribution >= 4 is 16.8 Å². The van der Waals surface area contributed by atoms with Crippen molar-refractivity contribution in [1.82, 2.24) is 14.0 Å². The number of fused-ring (bicyclic) bond motifs is 1. The molecule has 0 atom stereocenters. The molecule has 0 spiro atoms. The Hall–Kier alpha value is -4.40. The maximum atomic E-state index is 13.9. The molecule has 0 radical (unpaired) electrons. The topological polar surface area (TPSA) is 82.8 Å². The Morgan fingerprint density at radius 2 is 1.49 bits per heavy atom. The van der Waals surface area contributed by atoms with Crippen LogP contribution in [0.3, 0.4) is 0 Å². The zero-order valence-electron chi connectivity index (χ0n) is 22.0. The number of ether oxygens (including phenoxy) is 2. The van der Waals surface area contributed by atoms with Gasteiger partial charge < -0.3 is 14.4 Å². The lowest BCUT2D eigenvalue weighted by Gasteiger charge is -2.26. The van der Waals surface area contributed by atoms with Crippen molar-refractivity contribution in [3.63, 3.8) is 0 Å². The Bertz CT molecular complexity index is 1640. The van der Waals surface area contributed by atoms with E-state index in [4.69, 9.17) is 9.47 Å². The molecule has 39 heavy (non-hydrogen) atoms. The van der Waals surface area contributed by atoms with Crippen LogP contribution in [0.4, 0.5) is 4.39 Å². The minimum Gasteiger partial charge on any atom is -0.493 e. The van der Waals surface area contributed by atoms with Crippen LogP contribution < -0.4 is 20.7 Å². The fourth-order valence-electron chi connectivity index (χ4n) is 5.07. The largest absolute Gasteiger partial charge is 0.493 e. The number of piperidine rings is 1. The summed E-state index contributed by atoms with van der Waals surface area (Å²) in [7, 11) is 2.94. The lowest BCUT2D eigenvalue weighted by molar-refractivity contribution is 0.0724. The summed E-state index contributed by atoms with van der Waals surface area (Å²) in [6.07, 6.45) is 3.15. The molecule has 2 heterocycles. The second-order valence-electron chi connectivity index (χ2n) is 9.66. The molecule has 0 bridgehead atoms. The molecule has 1 aliphatic rings. The summed E-state index contributed by atoms with van der Waals surface area (Å²) in [4.78, 5) is 42.0. The van der Waals surface area contributed by atoms with Crippen LogP contribution in [-0.2, 0) is 13.1 Å². The molecule has 8 nitrogen and oxygen atoms in total. The van der Waals surface area contributed by atoms with E-state index in [9.17, 15) is 18.8 Å². The minimum absolute atomic E-state index is 0.00326. The number of carbonyl (C=O) groups excluding carboxylic acids is 1. The molecule has 1 fully saturated rings. The van der Waals surface area contributed by atoms with Crippen molar-refractivity contribution < 1.29 is 18.7 Å². The fraction of sp³-hybridized carbons (Fsp3) is 0.300. The number of halogens is 1. The van der Waals surface area contributed by atoms with Gasteiger partial charge in [-0.25, -0.2) is 9.18 Å². The van der Waals surface area contributed by atoms with Crippen LogP contribution in [0.25, 0.3) is 10.9 Å². The van der Waals surface area contributed by atoms with Gasteiger partial charge in [-0.1, -0.05) is 24.3 Å². The average molecular weight is 532 g/mol. The van der Waals surface area contributed by atoms with Crippen LogP contribution in [0.2, 0.25) is 0 Å². The molecule has 1 amide bonds. The summed E-state index contributed by atoms with van der Waals surface area (Å²) in [6.45, 7) is 1.56. The maximum absolute atomic E-state index is 13.9. The van der Waals surface area contributed by atoms with Gasteiger partial charge in [0.05, 0.1) is 38.2 Å². The summed E-state index contributed by atoms with van der Waals surface area (Å²) >= 11 is 0. The molecule has 4 aromatic rings. The van der Waals surface area contributed by atoms with Crippen molar-refractivity contribution in [3.05, 3.63) is 104 Å². The minimum atomic E-state index is -0.544. The smallest absolute Gasteiger partial charge is 0.332 e. The van der Waals surface area contributed by atoms with E-state index in [-0.39, 0.29) is 24.4 Å². The van der Waals surface area contributed by atoms with Gasteiger partial charge in [0.15, 0.2) is 11.5 Å². The van der Waals surface area contributed by atoms with E-state index in [0.717, 1.165) is 36.9 Å². The van der Waals surface area contributed by atoms with Gasteiger partial charge in [-0.15, -0.1) is 0 Å². The second-order valence-corrected chi connectivity index (χ2v) is 9.66. The standard InChI is InChI=1S/C30H30FN3O5/c1-38-26-16-24-25(17-27(26)39-2)33(19-21-7-6-8-23(31)15-21)30(37)34(29(24)36)18-20-9-11-22(12-10-20)28(35)32-13-4-3-5-14-32/h6-12,15-17H,3-5,13-14,18-19H2,1-2H3. The zero-order chi connectivity index (χ0) is 27.5. The Morgan fingerprint density at radius 1 is 0.821 bits per heavy atom. The Morgan fingerprint density at radius 3 is 2.15 bits per heavy atom. The predicted molar refractivity (Wildman–Crippen MR) is 146 cm³/mol. The quantitative estimate of drug-likeness (QED) is 0.360. The van der Waals surface area contributed by atoms with Gasteiger partial charge in [-0.2, -0.15) is 0 Å². The van der Waals surface area contributed by atoms with E-state index >= 15 is 0 Å². The first-order valence-corrected chi connectivity index (χ1v) is 12.9. The van der Waals surface area contributed by atoms with Crippen molar-refractivity contribution in [2.75, 3.05) is 27.3 Å². The number of benzene rings is 3. The number of carbonyl (C=O) groups is 1. The predicted octanol–water partition coefficient (Wildman–Crippen LogP) is 4.04. The molecule has 3 aromatic carbocycles. The first-order valence-electron chi connectivity index (χ1n) is 12.9. The highest BCUT2D eigenvalue weighted by molar-refractivity contribution is 5.94. The van der Waals surface area contributed by atoms with Crippen LogP contribution >= 0.6 is 0 Å². The van der Waals surface area contributed by atoms with Crippen LogP contribution in [-0.4, -0.2) is 47.3 Å². The van der Waals surface area contributed by atoms with E-state index in [1.165, 1.54) is 30.9 Å². The summed E-state index contributed by atoms with van der Waals surface area (Å²) in [5, 5.41) is 0.264. The van der Waals surface area contributed by atoms with Gasteiger partial charge >= 0.3 is 5.69 Å². The number of aromatic nitrogens is 2. The second kappa shape index (κ2) is 11.1. The molecular formula is C30H30FN3O5. The monoisotopic (exact) mass is 531 g/mol. The molecule has 1 saturated heterocycles. The van der Waals surface area contributed by atoms with Crippen LogP contribution in [0.15, 0.2) is 70.3 Å². The van der Waals surface area contributed by atoms with Crippen molar-refractivity contribution in [1.29, 1.82) is 0 Å². The molecule has 0 N–H and O–H groups in total. The molecule has 202 valence electrons. The third-order valence-corrected chi connectivity index (χ3v) is 7.14. The Kier molecular flexibility index (Phi) is 7.49. The Labute approximate surface area is 224 Å². The van der Waals surface area contributed by atoms with E-state index < -0.39 is 17.1 Å². The highest BCUT2D eigenvalue weighted by atomic mass is 19.1. The van der Waals surface area contributed by atoms with Crippen LogP contribution in [0, 0.1) is 5.82 Å². The third kappa shape index (κ3) is 5.30. The van der Waals surface area contributed by atoms with Gasteiger partial charge in [0, 0.05) is 24.7 Å². The first kappa shape index (κ1) is 26.2. The lowest BCUT2D eigenvalue weighted by Crippen LogP contribution is -2.40. The van der Waals surface area contributed by atoms with E-state index in [1.807, 2.05) is 4.90 Å². The van der Waals surface area contributed by atoms with Gasteiger partial charge in [-0.3, -0.25) is 18.7 Å². The van der Waals surface area contributed by atoms with Crippen LogP contribution in [0.5, 0.6) is 11.5 Å². The first-order chi connectivity index (χ1) is 18.9. The normalized spacial score (nSPS) is 13.5. The van der Waals surface area contributed by atoms with Crippen LogP contribution in [0.1, 0.15) is 40.7 Å². The number of amides is 1. The molecule has 5 rings (SSSR count). The third-order valence-electron chi connectivity index (χ3n) is 7.14. The number of rotatable bonds is 7. The highest BCUT2D eigenvalue weighted by Gasteiger charge is 2.20. The fourth-order valence-corrected chi connectivity index (χ4v) is 5.07. The number of hydrogen-bond donors (Lipinski definition) is 0. The maximum Gasteiger partial charge on any atom is 0.332 e. The zero-order valence-corrected chi connectivity index (χ0v) is 22.0. The number of methoxy groups -OCH3 is 2. The van der Waals surface area contributed by atoms with Gasteiger partial charge in [0.25, 0.3) is 11.5 Å². The van der Waals surface area contributed by atoms with Crippen molar-refractivity contribution in [2.24, 2.45) is 0 Å². The number of hydrogen-bond acceptors (Lipinski definition) is 5. The van der Waals surface area contributed by atoms with E-state index in [2.05, 4.69) is 0 Å². The number of likely N-dealkylation sites (tertiary alicyclic amines) is 1. The van der Waals surface area contributed by atoms with Crippen molar-refractivity contribution in [2.45, 2.75) is 32.4 Å². The molecule has 0 aliphatic carbocycles. The van der Waals surface area contributed by atoms with E-state index in [0.29, 0.717) is 33.7 Å². The Balaban J connectivity index is 1.57. The highest BCUT2D eigenvalue weighted by Crippen LogP contribution is 2.30. The van der Waals surface area contributed by atoms with Gasteiger partial charge in [-0.05, 0) is 60.7 Å². The molecule has 1 aliphatic heterocycles. The summed E-state index contributed by atoms with van der Waals surface area (Å²) < 4.78 is 27.3. The molecule has 1 aromatic heterocycles. The molecule has 0 unspecified atom stereocenters. The number of nitrogens with zero attached hydrogens (tertiary/aromatic N) is 3. The van der Waals surface area contributed by atoms with E-state index in [1.54, 1.807) is 48.5 Å². The van der Waals surface area contributed by atoms with Gasteiger partial charge in [0.2, 0.25) is 0 Å². The van der Waals surface area contributed by atoms with Gasteiger partial charge in [0.1, 0.15) is 5.82 Å². The summed E-state index contributed by atoms with van der Waals surface area (Å²) in [6, 6.07) is 16.1. The van der Waals surface area contributed by atoms with Crippen molar-refractivity contribution in [3.8, 4) is 11.5 Å². The molecular weight excluding hydrogens is 501 g/mol. The molecule has 9 heteroatoms.